The van der Waals surface area contributed by atoms with Crippen molar-refractivity contribution in [3.8, 4) is 0 Å². The van der Waals surface area contributed by atoms with Crippen LogP contribution in [0.3, 0.4) is 0 Å². The third-order valence-electron chi connectivity index (χ3n) is 5.41. The lowest BCUT2D eigenvalue weighted by Gasteiger charge is -2.32. The molecule has 1 amide bonds. The third-order valence-corrected chi connectivity index (χ3v) is 6.85. The molecule has 1 aromatic carbocycles. The number of benzene rings is 1. The number of carbonyl (C=O) groups is 1. The first kappa shape index (κ1) is 28.4. The molecule has 2 N–H and O–H groups in total. The lowest BCUT2D eigenvalue weighted by atomic mass is 9.78. The van der Waals surface area contributed by atoms with Crippen LogP contribution in [0.25, 0.3) is 0 Å². The summed E-state index contributed by atoms with van der Waals surface area (Å²) in [5.41, 5.74) is -3.49. The van der Waals surface area contributed by atoms with Gasteiger partial charge in [0.05, 0.1) is 21.7 Å². The second-order valence-electron chi connectivity index (χ2n) is 10.1. The number of amides is 1. The van der Waals surface area contributed by atoms with Crippen LogP contribution in [0.2, 0.25) is 0 Å². The van der Waals surface area contributed by atoms with Crippen molar-refractivity contribution in [1.29, 1.82) is 0 Å². The average molecular weight is 508 g/mol. The van der Waals surface area contributed by atoms with E-state index in [0.717, 1.165) is 12.1 Å². The van der Waals surface area contributed by atoms with E-state index < -0.39 is 56.7 Å². The second-order valence-corrected chi connectivity index (χ2v) is 11.8. The van der Waals surface area contributed by atoms with Crippen molar-refractivity contribution < 1.29 is 40.4 Å². The van der Waals surface area contributed by atoms with Crippen LogP contribution in [0.15, 0.2) is 23.1 Å². The number of hydrogen-bond donors (Lipinski definition) is 2. The van der Waals surface area contributed by atoms with E-state index in [9.17, 15) is 26.4 Å². The lowest BCUT2D eigenvalue weighted by Crippen LogP contribution is -2.41. The van der Waals surface area contributed by atoms with E-state index in [-0.39, 0.29) is 25.0 Å². The number of ether oxygens (including phenoxy) is 1. The molecule has 34 heavy (non-hydrogen) atoms. The van der Waals surface area contributed by atoms with Crippen LogP contribution in [0, 0.1) is 0 Å². The molecule has 1 aromatic rings. The highest BCUT2D eigenvalue weighted by Crippen LogP contribution is 2.37. The molecule has 0 aliphatic carbocycles. The van der Waals surface area contributed by atoms with Crippen LogP contribution in [-0.2, 0) is 30.2 Å². The summed E-state index contributed by atoms with van der Waals surface area (Å²) in [7, 11) is -5.45. The van der Waals surface area contributed by atoms with Gasteiger partial charge in [-0.3, -0.25) is 0 Å². The van der Waals surface area contributed by atoms with Gasteiger partial charge in [-0.2, -0.15) is 13.2 Å². The highest BCUT2D eigenvalue weighted by Gasteiger charge is 2.52. The van der Waals surface area contributed by atoms with E-state index in [1.54, 1.807) is 48.5 Å². The Balaban J connectivity index is 2.15. The molecule has 0 radical (unpaired) electrons. The minimum Gasteiger partial charge on any atom is -0.444 e. The summed E-state index contributed by atoms with van der Waals surface area (Å²) in [6, 6.07) is 2.50. The van der Waals surface area contributed by atoms with Crippen molar-refractivity contribution >= 4 is 28.7 Å². The molecule has 0 atom stereocenters. The van der Waals surface area contributed by atoms with E-state index in [0.29, 0.717) is 6.07 Å². The molecule has 1 saturated heterocycles. The van der Waals surface area contributed by atoms with Gasteiger partial charge in [0, 0.05) is 13.1 Å². The van der Waals surface area contributed by atoms with Crippen molar-refractivity contribution in [1.82, 2.24) is 10.0 Å². The summed E-state index contributed by atoms with van der Waals surface area (Å²) in [4.78, 5) is 11.1. The molecular formula is C21H32BF3N2O6S. The fourth-order valence-corrected chi connectivity index (χ4v) is 4.09. The topological polar surface area (TPSA) is 103 Å². The predicted molar refractivity (Wildman–Crippen MR) is 121 cm³/mol. The van der Waals surface area contributed by atoms with Crippen molar-refractivity contribution in [2.45, 2.75) is 82.8 Å². The van der Waals surface area contributed by atoms with Gasteiger partial charge in [-0.05, 0) is 72.5 Å². The Morgan fingerprint density at radius 1 is 1.03 bits per heavy atom. The second kappa shape index (κ2) is 9.67. The van der Waals surface area contributed by atoms with E-state index >= 15 is 0 Å². The Labute approximate surface area is 199 Å². The quantitative estimate of drug-likeness (QED) is 0.433. The van der Waals surface area contributed by atoms with Gasteiger partial charge in [-0.15, -0.1) is 0 Å². The predicted octanol–water partition coefficient (Wildman–Crippen LogP) is 3.20. The average Bonchev–Trinajstić information content (AvgIpc) is 2.86. The highest BCUT2D eigenvalue weighted by molar-refractivity contribution is 7.89. The lowest BCUT2D eigenvalue weighted by molar-refractivity contribution is -0.137. The molecule has 0 spiro atoms. The third kappa shape index (κ3) is 7.33. The first-order valence-corrected chi connectivity index (χ1v) is 12.3. The zero-order valence-corrected chi connectivity index (χ0v) is 21.2. The van der Waals surface area contributed by atoms with Crippen LogP contribution in [-0.4, -0.2) is 51.5 Å². The smallest absolute Gasteiger partial charge is 0.444 e. The molecule has 1 fully saturated rings. The number of alkyl halides is 3. The largest absolute Gasteiger partial charge is 0.494 e. The molecule has 1 aliphatic rings. The Morgan fingerprint density at radius 2 is 1.59 bits per heavy atom. The Hall–Kier alpha value is -1.83. The summed E-state index contributed by atoms with van der Waals surface area (Å²) < 4.78 is 85.0. The van der Waals surface area contributed by atoms with Crippen molar-refractivity contribution in [3.05, 3.63) is 23.8 Å². The van der Waals surface area contributed by atoms with Crippen LogP contribution in [0.4, 0.5) is 18.0 Å². The first-order chi connectivity index (χ1) is 15.2. The molecule has 1 heterocycles. The minimum absolute atomic E-state index is 0.0551. The summed E-state index contributed by atoms with van der Waals surface area (Å²) in [6.07, 6.45) is -5.23. The van der Waals surface area contributed by atoms with Crippen LogP contribution >= 0.6 is 0 Å². The SMILES string of the molecule is CC(C)(C)OC(=O)NCCCNS(=O)(=O)c1cc(B2OC(C)(C)C(C)(C)O2)cc(C(F)(F)F)c1. The maximum absolute atomic E-state index is 13.5. The molecule has 0 unspecified atom stereocenters. The normalized spacial score (nSPS) is 18.1. The van der Waals surface area contributed by atoms with Gasteiger partial charge in [0.1, 0.15) is 5.60 Å². The van der Waals surface area contributed by atoms with Crippen molar-refractivity contribution in [2.75, 3.05) is 13.1 Å². The van der Waals surface area contributed by atoms with Crippen molar-refractivity contribution in [3.63, 3.8) is 0 Å². The fourth-order valence-electron chi connectivity index (χ4n) is 2.94. The summed E-state index contributed by atoms with van der Waals surface area (Å²) >= 11 is 0. The van der Waals surface area contributed by atoms with Gasteiger partial charge in [0.25, 0.3) is 0 Å². The van der Waals surface area contributed by atoms with E-state index in [1.807, 2.05) is 0 Å². The summed E-state index contributed by atoms with van der Waals surface area (Å²) in [5.74, 6) is 0. The van der Waals surface area contributed by atoms with E-state index in [2.05, 4.69) is 10.0 Å². The number of hydrogen-bond acceptors (Lipinski definition) is 6. The molecule has 13 heteroatoms. The Kier molecular flexibility index (Phi) is 8.08. The number of nitrogens with one attached hydrogen (secondary N) is 2. The number of rotatable bonds is 7. The van der Waals surface area contributed by atoms with Gasteiger partial charge >= 0.3 is 19.4 Å². The van der Waals surface area contributed by atoms with Gasteiger partial charge in [-0.1, -0.05) is 6.07 Å². The molecule has 8 nitrogen and oxygen atoms in total. The van der Waals surface area contributed by atoms with Crippen LogP contribution in [0.1, 0.15) is 60.5 Å². The number of alkyl carbamates (subject to hydrolysis) is 1. The Bertz CT molecular complexity index is 991. The number of halogens is 3. The van der Waals surface area contributed by atoms with Crippen LogP contribution < -0.4 is 15.5 Å². The minimum atomic E-state index is -4.78. The maximum Gasteiger partial charge on any atom is 0.494 e. The fraction of sp³-hybridized carbons (Fsp3) is 0.667. The molecule has 0 bridgehead atoms. The van der Waals surface area contributed by atoms with Crippen LogP contribution in [0.5, 0.6) is 0 Å². The zero-order valence-electron chi connectivity index (χ0n) is 20.4. The van der Waals surface area contributed by atoms with E-state index in [4.69, 9.17) is 14.0 Å². The van der Waals surface area contributed by atoms with Gasteiger partial charge in [0.15, 0.2) is 0 Å². The Morgan fingerprint density at radius 3 is 2.09 bits per heavy atom. The monoisotopic (exact) mass is 508 g/mol. The number of sulfonamides is 1. The van der Waals surface area contributed by atoms with Crippen molar-refractivity contribution in [2.24, 2.45) is 0 Å². The van der Waals surface area contributed by atoms with E-state index in [1.165, 1.54) is 0 Å². The summed E-state index contributed by atoms with van der Waals surface area (Å²) in [5, 5.41) is 2.48. The standard InChI is InChI=1S/C21H32BF3N2O6S/c1-18(2,3)31-17(28)26-9-8-10-27-34(29,30)16-12-14(21(23,24)25)11-15(13-16)22-32-19(4,5)20(6,7)33-22/h11-13,27H,8-10H2,1-7H3,(H,26,28). The number of carbonyl (C=O) groups excluding carboxylic acids is 1. The molecule has 0 aromatic heterocycles. The molecular weight excluding hydrogens is 476 g/mol. The zero-order chi connectivity index (χ0) is 26.2. The molecule has 1 aliphatic heterocycles. The highest BCUT2D eigenvalue weighted by atomic mass is 32.2. The first-order valence-electron chi connectivity index (χ1n) is 10.8. The maximum atomic E-state index is 13.5. The van der Waals surface area contributed by atoms with Gasteiger partial charge in [-0.25, -0.2) is 17.9 Å². The molecule has 192 valence electrons. The molecule has 2 rings (SSSR count). The van der Waals surface area contributed by atoms with Gasteiger partial charge < -0.3 is 19.4 Å². The van der Waals surface area contributed by atoms with Gasteiger partial charge in [0.2, 0.25) is 10.0 Å². The molecule has 0 saturated carbocycles. The summed E-state index contributed by atoms with van der Waals surface area (Å²) in [6.45, 7) is 12.1.